The van der Waals surface area contributed by atoms with Gasteiger partial charge < -0.3 is 15.1 Å². The molecule has 1 saturated heterocycles. The lowest BCUT2D eigenvalue weighted by Crippen LogP contribution is -2.33. The fraction of sp³-hybridized carbons (Fsp3) is 0.333. The van der Waals surface area contributed by atoms with Crippen LogP contribution >= 0.6 is 0 Å². The van der Waals surface area contributed by atoms with E-state index in [-0.39, 0.29) is 25.5 Å². The number of aliphatic hydroxyl groups is 2. The van der Waals surface area contributed by atoms with Crippen molar-refractivity contribution in [3.63, 3.8) is 0 Å². The summed E-state index contributed by atoms with van der Waals surface area (Å²) in [5.41, 5.74) is 0. The van der Waals surface area contributed by atoms with E-state index >= 15 is 0 Å². The molecular weight excluding hydrogens is 200 g/mol. The summed E-state index contributed by atoms with van der Waals surface area (Å²) in [7, 11) is 0. The molecule has 0 aromatic carbocycles. The maximum Gasteiger partial charge on any atom is 0.327 e. The van der Waals surface area contributed by atoms with Crippen LogP contribution in [0.5, 0.6) is 0 Å². The fourth-order valence-corrected chi connectivity index (χ4v) is 1.24. The molecule has 0 spiro atoms. The molecule has 3 amide bonds. The number of urea groups is 1. The molecule has 0 aromatic heterocycles. The third-order valence-electron chi connectivity index (χ3n) is 1.95. The lowest BCUT2D eigenvalue weighted by molar-refractivity contribution is -0.124. The molecule has 0 aliphatic carbocycles. The minimum atomic E-state index is -0.420. The molecule has 0 saturated carbocycles. The first-order chi connectivity index (χ1) is 7.20. The van der Waals surface area contributed by atoms with E-state index in [1.54, 1.807) is 0 Å². The van der Waals surface area contributed by atoms with Gasteiger partial charge in [-0.2, -0.15) is 0 Å². The van der Waals surface area contributed by atoms with Crippen LogP contribution in [0.1, 0.15) is 0 Å². The second-order valence-corrected chi connectivity index (χ2v) is 2.94. The van der Waals surface area contributed by atoms with E-state index in [4.69, 9.17) is 10.2 Å². The van der Waals surface area contributed by atoms with E-state index in [0.29, 0.717) is 0 Å². The molecule has 0 bridgehead atoms. The largest absolute Gasteiger partial charge is 0.516 e. The van der Waals surface area contributed by atoms with Crippen molar-refractivity contribution in [2.24, 2.45) is 0 Å². The second kappa shape index (κ2) is 5.04. The van der Waals surface area contributed by atoms with Gasteiger partial charge in [0.25, 0.3) is 5.91 Å². The first-order valence-electron chi connectivity index (χ1n) is 4.38. The van der Waals surface area contributed by atoms with Crippen molar-refractivity contribution in [2.75, 3.05) is 19.6 Å². The standard InChI is InChI=1S/C9H12N2O4/c12-5-1-3-10-7-8(14)11(9(10)15)4-2-6-13/h1-2,5-6,12-13H,3-4,7H2. The predicted octanol–water partition coefficient (Wildman–Crippen LogP) is 0.394. The molecule has 6 heteroatoms. The average molecular weight is 212 g/mol. The number of carbonyl (C=O) groups is 2. The summed E-state index contributed by atoms with van der Waals surface area (Å²) in [4.78, 5) is 25.2. The number of nitrogens with zero attached hydrogens (tertiary/aromatic N) is 2. The highest BCUT2D eigenvalue weighted by Gasteiger charge is 2.34. The molecule has 1 aliphatic rings. The van der Waals surface area contributed by atoms with Crippen LogP contribution in [0.4, 0.5) is 4.79 Å². The van der Waals surface area contributed by atoms with Crippen LogP contribution in [-0.4, -0.2) is 51.6 Å². The number of hydrogen-bond donors (Lipinski definition) is 2. The van der Waals surface area contributed by atoms with Gasteiger partial charge in [0.05, 0.1) is 19.1 Å². The zero-order valence-corrected chi connectivity index (χ0v) is 8.04. The first kappa shape index (κ1) is 11.1. The molecule has 2 N–H and O–H groups in total. The maximum absolute atomic E-state index is 11.5. The SMILES string of the molecule is O=C1CN(CC=CO)C(=O)N1CC=CO. The molecule has 1 rings (SSSR count). The summed E-state index contributed by atoms with van der Waals surface area (Å²) in [6.07, 6.45) is 4.29. The van der Waals surface area contributed by atoms with Crippen molar-refractivity contribution in [1.29, 1.82) is 0 Å². The van der Waals surface area contributed by atoms with E-state index in [9.17, 15) is 9.59 Å². The van der Waals surface area contributed by atoms with E-state index in [1.165, 1.54) is 17.1 Å². The predicted molar refractivity (Wildman–Crippen MR) is 52.2 cm³/mol. The number of amides is 3. The molecular formula is C9H12N2O4. The Bertz CT molecular complexity index is 311. The number of aliphatic hydroxyl groups excluding tert-OH is 2. The van der Waals surface area contributed by atoms with Gasteiger partial charge in [-0.05, 0) is 12.2 Å². The molecule has 0 atom stereocenters. The van der Waals surface area contributed by atoms with Crippen molar-refractivity contribution >= 4 is 11.9 Å². The summed E-state index contributed by atoms with van der Waals surface area (Å²) < 4.78 is 0. The Morgan fingerprint density at radius 3 is 2.33 bits per heavy atom. The fourth-order valence-electron chi connectivity index (χ4n) is 1.24. The van der Waals surface area contributed by atoms with Gasteiger partial charge in [-0.25, -0.2) is 4.79 Å². The van der Waals surface area contributed by atoms with Crippen LogP contribution in [0.3, 0.4) is 0 Å². The quantitative estimate of drug-likeness (QED) is 0.522. The molecule has 0 radical (unpaired) electrons. The van der Waals surface area contributed by atoms with E-state index in [2.05, 4.69) is 0 Å². The normalized spacial score (nSPS) is 17.6. The molecule has 0 aromatic rings. The van der Waals surface area contributed by atoms with Crippen LogP contribution < -0.4 is 0 Å². The van der Waals surface area contributed by atoms with Gasteiger partial charge in [0, 0.05) is 6.54 Å². The van der Waals surface area contributed by atoms with E-state index in [0.717, 1.165) is 17.4 Å². The molecule has 1 aliphatic heterocycles. The molecule has 1 heterocycles. The zero-order chi connectivity index (χ0) is 11.3. The smallest absolute Gasteiger partial charge is 0.327 e. The molecule has 0 unspecified atom stereocenters. The van der Waals surface area contributed by atoms with Gasteiger partial charge in [-0.1, -0.05) is 0 Å². The van der Waals surface area contributed by atoms with Gasteiger partial charge >= 0.3 is 6.03 Å². The first-order valence-corrected chi connectivity index (χ1v) is 4.38. The van der Waals surface area contributed by atoms with E-state index < -0.39 is 6.03 Å². The Morgan fingerprint density at radius 1 is 1.13 bits per heavy atom. The number of carbonyl (C=O) groups excluding carboxylic acids is 2. The Kier molecular flexibility index (Phi) is 3.73. The maximum atomic E-state index is 11.5. The Labute approximate surface area is 86.7 Å². The number of hydrogen-bond acceptors (Lipinski definition) is 4. The van der Waals surface area contributed by atoms with Crippen LogP contribution in [0.25, 0.3) is 0 Å². The Balaban J connectivity index is 2.61. The highest BCUT2D eigenvalue weighted by atomic mass is 16.2. The number of imide groups is 1. The summed E-state index contributed by atoms with van der Waals surface area (Å²) >= 11 is 0. The van der Waals surface area contributed by atoms with Crippen LogP contribution in [0.15, 0.2) is 24.7 Å². The summed E-state index contributed by atoms with van der Waals surface area (Å²) in [5, 5.41) is 16.8. The van der Waals surface area contributed by atoms with Crippen molar-refractivity contribution < 1.29 is 19.8 Å². The molecule has 82 valence electrons. The van der Waals surface area contributed by atoms with Gasteiger partial charge in [0.1, 0.15) is 6.54 Å². The molecule has 1 fully saturated rings. The second-order valence-electron chi connectivity index (χ2n) is 2.94. The lowest BCUT2D eigenvalue weighted by atomic mass is 10.5. The summed E-state index contributed by atoms with van der Waals surface area (Å²) in [6.45, 7) is 0.260. The van der Waals surface area contributed by atoms with Crippen LogP contribution in [0, 0.1) is 0 Å². The molecule has 6 nitrogen and oxygen atoms in total. The highest BCUT2D eigenvalue weighted by Crippen LogP contribution is 2.09. The average Bonchev–Trinajstić information content (AvgIpc) is 2.49. The zero-order valence-electron chi connectivity index (χ0n) is 8.04. The molecule has 15 heavy (non-hydrogen) atoms. The highest BCUT2D eigenvalue weighted by molar-refractivity contribution is 6.02. The number of rotatable bonds is 4. The third kappa shape index (κ3) is 2.49. The van der Waals surface area contributed by atoms with Crippen molar-refractivity contribution in [1.82, 2.24) is 9.80 Å². The van der Waals surface area contributed by atoms with Crippen LogP contribution in [0.2, 0.25) is 0 Å². The van der Waals surface area contributed by atoms with Gasteiger partial charge in [0.2, 0.25) is 0 Å². The van der Waals surface area contributed by atoms with Crippen molar-refractivity contribution in [3.05, 3.63) is 24.7 Å². The third-order valence-corrected chi connectivity index (χ3v) is 1.95. The minimum Gasteiger partial charge on any atom is -0.516 e. The van der Waals surface area contributed by atoms with Gasteiger partial charge in [-0.15, -0.1) is 0 Å². The minimum absolute atomic E-state index is 0.00242. The summed E-state index contributed by atoms with van der Waals surface area (Å²) in [5.74, 6) is -0.315. The van der Waals surface area contributed by atoms with Crippen LogP contribution in [-0.2, 0) is 4.79 Å². The van der Waals surface area contributed by atoms with Gasteiger partial charge in [0.15, 0.2) is 0 Å². The van der Waals surface area contributed by atoms with E-state index in [1.807, 2.05) is 0 Å². The van der Waals surface area contributed by atoms with Crippen molar-refractivity contribution in [3.8, 4) is 0 Å². The Hall–Kier alpha value is -1.98. The topological polar surface area (TPSA) is 81.1 Å². The summed E-state index contributed by atoms with van der Waals surface area (Å²) in [6, 6.07) is -0.420. The lowest BCUT2D eigenvalue weighted by Gasteiger charge is -2.13. The monoisotopic (exact) mass is 212 g/mol. The Morgan fingerprint density at radius 2 is 1.73 bits per heavy atom. The van der Waals surface area contributed by atoms with Gasteiger partial charge in [-0.3, -0.25) is 9.69 Å². The van der Waals surface area contributed by atoms with Crippen molar-refractivity contribution in [2.45, 2.75) is 0 Å².